The number of benzene rings is 1. The van der Waals surface area contributed by atoms with Gasteiger partial charge in [-0.05, 0) is 31.0 Å². The molecule has 2 atom stereocenters. The third-order valence-electron chi connectivity index (χ3n) is 4.89. The van der Waals surface area contributed by atoms with Crippen molar-refractivity contribution in [3.63, 3.8) is 0 Å². The van der Waals surface area contributed by atoms with Crippen LogP contribution in [0, 0.1) is 0 Å². The molecule has 130 valence electrons. The van der Waals surface area contributed by atoms with Crippen molar-refractivity contribution in [3.05, 3.63) is 35.4 Å². The smallest absolute Gasteiger partial charge is 0.216 e. The van der Waals surface area contributed by atoms with Gasteiger partial charge in [-0.3, -0.25) is 0 Å². The van der Waals surface area contributed by atoms with Crippen LogP contribution in [-0.2, 0) is 9.47 Å². The molecule has 0 saturated heterocycles. The van der Waals surface area contributed by atoms with Crippen LogP contribution in [0.2, 0.25) is 0 Å². The predicted molar refractivity (Wildman–Crippen MR) is 91.6 cm³/mol. The summed E-state index contributed by atoms with van der Waals surface area (Å²) in [5.74, 6) is 1.07. The quantitative estimate of drug-likeness (QED) is 0.827. The Balaban J connectivity index is 1.89. The molecular weight excluding hydrogens is 308 g/mol. The van der Waals surface area contributed by atoms with Gasteiger partial charge in [0.05, 0.1) is 13.2 Å². The van der Waals surface area contributed by atoms with Crippen LogP contribution in [0.25, 0.3) is 0 Å². The van der Waals surface area contributed by atoms with Crippen molar-refractivity contribution < 1.29 is 19.7 Å². The average molecular weight is 332 g/mol. The number of aliphatic imine (C=N–C) groups is 2. The zero-order chi connectivity index (χ0) is 17.2. The highest BCUT2D eigenvalue weighted by Crippen LogP contribution is 2.27. The second-order valence-corrected chi connectivity index (χ2v) is 6.46. The Hall–Kier alpha value is -1.92. The van der Waals surface area contributed by atoms with E-state index < -0.39 is 11.1 Å². The first-order valence-electron chi connectivity index (χ1n) is 8.37. The molecule has 1 aromatic rings. The molecule has 1 aromatic carbocycles. The van der Waals surface area contributed by atoms with Gasteiger partial charge in [0, 0.05) is 11.1 Å². The topological polar surface area (TPSA) is 83.6 Å². The summed E-state index contributed by atoms with van der Waals surface area (Å²) in [5.41, 5.74) is 0.586. The van der Waals surface area contributed by atoms with E-state index in [0.29, 0.717) is 25.0 Å². The van der Waals surface area contributed by atoms with Crippen molar-refractivity contribution >= 4 is 11.8 Å². The number of nitrogens with zero attached hydrogens (tertiary/aromatic N) is 2. The molecule has 2 N–H and O–H groups in total. The monoisotopic (exact) mass is 332 g/mol. The van der Waals surface area contributed by atoms with Crippen LogP contribution in [0.1, 0.15) is 37.8 Å². The third-order valence-corrected chi connectivity index (χ3v) is 4.89. The standard InChI is InChI=1S/C18H24N2O4/c1-3-17(9-21)11-23-15(19-17)13-6-5-7-14(8-13)16-20-18(4-2,10-22)12-24-16/h5-8,21-22H,3-4,9-12H2,1-2H3. The zero-order valence-electron chi connectivity index (χ0n) is 14.2. The van der Waals surface area contributed by atoms with Gasteiger partial charge < -0.3 is 19.7 Å². The lowest BCUT2D eigenvalue weighted by molar-refractivity contribution is 0.154. The lowest BCUT2D eigenvalue weighted by atomic mass is 10.0. The maximum Gasteiger partial charge on any atom is 0.216 e. The van der Waals surface area contributed by atoms with E-state index >= 15 is 0 Å². The van der Waals surface area contributed by atoms with E-state index in [1.807, 2.05) is 38.1 Å². The highest BCUT2D eigenvalue weighted by molar-refractivity contribution is 6.00. The van der Waals surface area contributed by atoms with Crippen molar-refractivity contribution in [2.24, 2.45) is 9.98 Å². The van der Waals surface area contributed by atoms with E-state index in [-0.39, 0.29) is 13.2 Å². The Morgan fingerprint density at radius 1 is 0.917 bits per heavy atom. The highest BCUT2D eigenvalue weighted by atomic mass is 16.5. The molecule has 3 rings (SSSR count). The molecule has 6 nitrogen and oxygen atoms in total. The summed E-state index contributed by atoms with van der Waals surface area (Å²) in [4.78, 5) is 9.16. The Labute approximate surface area is 141 Å². The molecule has 0 bridgehead atoms. The third kappa shape index (κ3) is 2.91. The van der Waals surface area contributed by atoms with Crippen molar-refractivity contribution in [2.45, 2.75) is 37.8 Å². The van der Waals surface area contributed by atoms with E-state index in [0.717, 1.165) is 24.0 Å². The number of aliphatic hydroxyl groups is 2. The molecule has 2 heterocycles. The van der Waals surface area contributed by atoms with Crippen molar-refractivity contribution in [1.29, 1.82) is 0 Å². The first kappa shape index (κ1) is 16.9. The second-order valence-electron chi connectivity index (χ2n) is 6.46. The lowest BCUT2D eigenvalue weighted by Crippen LogP contribution is -2.31. The number of ether oxygens (including phenoxy) is 2. The molecule has 24 heavy (non-hydrogen) atoms. The van der Waals surface area contributed by atoms with E-state index in [4.69, 9.17) is 9.47 Å². The van der Waals surface area contributed by atoms with Crippen LogP contribution in [0.5, 0.6) is 0 Å². The molecule has 0 aliphatic carbocycles. The van der Waals surface area contributed by atoms with Crippen LogP contribution in [-0.4, -0.2) is 59.5 Å². The summed E-state index contributed by atoms with van der Waals surface area (Å²) < 4.78 is 11.4. The molecule has 2 aliphatic heterocycles. The van der Waals surface area contributed by atoms with Crippen molar-refractivity contribution in [2.75, 3.05) is 26.4 Å². The molecule has 2 unspecified atom stereocenters. The fourth-order valence-electron chi connectivity index (χ4n) is 2.79. The van der Waals surface area contributed by atoms with Crippen LogP contribution >= 0.6 is 0 Å². The largest absolute Gasteiger partial charge is 0.475 e. The van der Waals surface area contributed by atoms with Crippen LogP contribution in [0.4, 0.5) is 0 Å². The van der Waals surface area contributed by atoms with Gasteiger partial charge in [-0.15, -0.1) is 0 Å². The lowest BCUT2D eigenvalue weighted by Gasteiger charge is -2.17. The van der Waals surface area contributed by atoms with Crippen LogP contribution in [0.3, 0.4) is 0 Å². The fraction of sp³-hybridized carbons (Fsp3) is 0.556. The predicted octanol–water partition coefficient (Wildman–Crippen LogP) is 1.52. The molecular formula is C18H24N2O4. The van der Waals surface area contributed by atoms with Gasteiger partial charge in [0.2, 0.25) is 11.8 Å². The minimum Gasteiger partial charge on any atom is -0.475 e. The van der Waals surface area contributed by atoms with Gasteiger partial charge in [-0.25, -0.2) is 9.98 Å². The summed E-state index contributed by atoms with van der Waals surface area (Å²) in [5, 5.41) is 19.1. The summed E-state index contributed by atoms with van der Waals surface area (Å²) >= 11 is 0. The summed E-state index contributed by atoms with van der Waals surface area (Å²) in [6, 6.07) is 7.66. The number of aliphatic hydroxyl groups excluding tert-OH is 2. The maximum atomic E-state index is 9.57. The number of hydrogen-bond acceptors (Lipinski definition) is 6. The minimum absolute atomic E-state index is 0.0297. The van der Waals surface area contributed by atoms with Gasteiger partial charge in [0.15, 0.2) is 0 Å². The maximum absolute atomic E-state index is 9.57. The van der Waals surface area contributed by atoms with Crippen LogP contribution < -0.4 is 0 Å². The first-order chi connectivity index (χ1) is 11.6. The highest BCUT2D eigenvalue weighted by Gasteiger charge is 2.36. The molecule has 0 radical (unpaired) electrons. The summed E-state index contributed by atoms with van der Waals surface area (Å²) in [6.45, 7) is 4.70. The zero-order valence-corrected chi connectivity index (χ0v) is 14.2. The van der Waals surface area contributed by atoms with Crippen molar-refractivity contribution in [1.82, 2.24) is 0 Å². The van der Waals surface area contributed by atoms with Crippen molar-refractivity contribution in [3.8, 4) is 0 Å². The Kier molecular flexibility index (Phi) is 4.60. The minimum atomic E-state index is -0.541. The number of rotatable bonds is 6. The SMILES string of the molecule is CCC1(CO)COC(c2cccc(C3=NC(CC)(CO)CO3)c2)=N1. The van der Waals surface area contributed by atoms with E-state index in [1.165, 1.54) is 0 Å². The second kappa shape index (κ2) is 6.53. The number of hydrogen-bond donors (Lipinski definition) is 2. The molecule has 0 spiro atoms. The van der Waals surface area contributed by atoms with E-state index in [9.17, 15) is 10.2 Å². The Morgan fingerprint density at radius 2 is 1.38 bits per heavy atom. The Morgan fingerprint density at radius 3 is 1.71 bits per heavy atom. The van der Waals surface area contributed by atoms with E-state index in [1.54, 1.807) is 0 Å². The first-order valence-corrected chi connectivity index (χ1v) is 8.37. The molecule has 0 aromatic heterocycles. The van der Waals surface area contributed by atoms with Gasteiger partial charge in [-0.1, -0.05) is 19.9 Å². The molecule has 0 saturated carbocycles. The van der Waals surface area contributed by atoms with Gasteiger partial charge in [0.25, 0.3) is 0 Å². The molecule has 2 aliphatic rings. The molecule has 6 heteroatoms. The molecule has 0 fully saturated rings. The van der Waals surface area contributed by atoms with Crippen LogP contribution in [0.15, 0.2) is 34.3 Å². The van der Waals surface area contributed by atoms with Gasteiger partial charge in [0.1, 0.15) is 24.3 Å². The van der Waals surface area contributed by atoms with Gasteiger partial charge in [-0.2, -0.15) is 0 Å². The summed E-state index contributed by atoms with van der Waals surface area (Å²) in [7, 11) is 0. The summed E-state index contributed by atoms with van der Waals surface area (Å²) in [6.07, 6.45) is 1.44. The average Bonchev–Trinajstić information content (AvgIpc) is 3.27. The van der Waals surface area contributed by atoms with E-state index in [2.05, 4.69) is 9.98 Å². The Bertz CT molecular complexity index is 607. The molecule has 0 amide bonds. The fourth-order valence-corrected chi connectivity index (χ4v) is 2.79. The normalized spacial score (nSPS) is 29.0. The van der Waals surface area contributed by atoms with Gasteiger partial charge >= 0.3 is 0 Å².